The molecule has 0 spiro atoms. The zero-order valence-electron chi connectivity index (χ0n) is 18.2. The highest BCUT2D eigenvalue weighted by atomic mass is 16.5. The number of aromatic nitrogens is 2. The molecule has 1 aromatic heterocycles. The van der Waals surface area contributed by atoms with Crippen LogP contribution in [0.5, 0.6) is 11.5 Å². The fourth-order valence-corrected chi connectivity index (χ4v) is 3.65. The fourth-order valence-electron chi connectivity index (χ4n) is 3.65. The molecule has 1 fully saturated rings. The second-order valence-electron chi connectivity index (χ2n) is 7.70. The highest BCUT2D eigenvalue weighted by Crippen LogP contribution is 2.28. The standard InChI is InChI=1S/C22H34N4O4/c1-16-20(17(2)25-24-16)6-7-23-13-18-4-5-21(22(12-18)28-3)30-15-19(27)14-26-8-10-29-11-9-26/h4-5,12,19,23,27H,6-11,13-15H2,1-3H3,(H,24,25). The van der Waals surface area contributed by atoms with E-state index < -0.39 is 6.10 Å². The van der Waals surface area contributed by atoms with Crippen LogP contribution in [0.4, 0.5) is 0 Å². The summed E-state index contributed by atoms with van der Waals surface area (Å²) in [6, 6.07) is 5.90. The fraction of sp³-hybridized carbons (Fsp3) is 0.591. The molecule has 166 valence electrons. The molecule has 1 aromatic carbocycles. The average Bonchev–Trinajstić information content (AvgIpc) is 3.08. The molecule has 3 N–H and O–H groups in total. The van der Waals surface area contributed by atoms with Crippen molar-refractivity contribution in [2.75, 3.05) is 53.1 Å². The Kier molecular flexibility index (Phi) is 8.50. The first kappa shape index (κ1) is 22.6. The zero-order valence-corrected chi connectivity index (χ0v) is 18.2. The van der Waals surface area contributed by atoms with Gasteiger partial charge in [0, 0.05) is 31.9 Å². The Morgan fingerprint density at radius 3 is 2.77 bits per heavy atom. The summed E-state index contributed by atoms with van der Waals surface area (Å²) in [5.74, 6) is 1.32. The summed E-state index contributed by atoms with van der Waals surface area (Å²) in [4.78, 5) is 2.19. The zero-order chi connectivity index (χ0) is 21.3. The SMILES string of the molecule is COc1cc(CNCCc2c(C)n[nH]c2C)ccc1OCC(O)CN1CCOCC1. The molecule has 3 rings (SSSR count). The van der Waals surface area contributed by atoms with E-state index in [0.717, 1.165) is 62.8 Å². The number of aryl methyl sites for hydroxylation is 2. The van der Waals surface area contributed by atoms with Crippen molar-refractivity contribution in [1.82, 2.24) is 20.4 Å². The molecule has 1 atom stereocenters. The van der Waals surface area contributed by atoms with Gasteiger partial charge >= 0.3 is 0 Å². The van der Waals surface area contributed by atoms with Gasteiger partial charge in [0.2, 0.25) is 0 Å². The van der Waals surface area contributed by atoms with Crippen molar-refractivity contribution in [3.8, 4) is 11.5 Å². The molecule has 8 nitrogen and oxygen atoms in total. The number of rotatable bonds is 11. The summed E-state index contributed by atoms with van der Waals surface area (Å²) < 4.78 is 16.7. The van der Waals surface area contributed by atoms with Gasteiger partial charge in [-0.25, -0.2) is 0 Å². The normalized spacial score (nSPS) is 15.9. The van der Waals surface area contributed by atoms with E-state index in [9.17, 15) is 5.11 Å². The van der Waals surface area contributed by atoms with Crippen molar-refractivity contribution < 1.29 is 19.3 Å². The van der Waals surface area contributed by atoms with Crippen molar-refractivity contribution in [1.29, 1.82) is 0 Å². The number of aliphatic hydroxyl groups excluding tert-OH is 1. The van der Waals surface area contributed by atoms with Crippen LogP contribution in [0.2, 0.25) is 0 Å². The lowest BCUT2D eigenvalue weighted by Crippen LogP contribution is -2.42. The molecule has 8 heteroatoms. The van der Waals surface area contributed by atoms with E-state index in [0.29, 0.717) is 18.0 Å². The van der Waals surface area contributed by atoms with Gasteiger partial charge in [0.15, 0.2) is 11.5 Å². The summed E-state index contributed by atoms with van der Waals surface area (Å²) in [6.45, 7) is 9.65. The number of nitrogens with one attached hydrogen (secondary N) is 2. The summed E-state index contributed by atoms with van der Waals surface area (Å²) >= 11 is 0. The third-order valence-electron chi connectivity index (χ3n) is 5.39. The molecule has 1 aliphatic rings. The molecule has 2 aromatic rings. The monoisotopic (exact) mass is 418 g/mol. The van der Waals surface area contributed by atoms with Gasteiger partial charge in [-0.1, -0.05) is 6.07 Å². The topological polar surface area (TPSA) is 91.9 Å². The first-order valence-corrected chi connectivity index (χ1v) is 10.6. The predicted molar refractivity (Wildman–Crippen MR) is 115 cm³/mol. The number of nitrogens with zero attached hydrogens (tertiary/aromatic N) is 2. The molecule has 1 unspecified atom stereocenters. The van der Waals surface area contributed by atoms with E-state index in [1.54, 1.807) is 7.11 Å². The van der Waals surface area contributed by atoms with Crippen LogP contribution in [0.1, 0.15) is 22.5 Å². The maximum absolute atomic E-state index is 10.3. The Bertz CT molecular complexity index is 770. The average molecular weight is 419 g/mol. The lowest BCUT2D eigenvalue weighted by Gasteiger charge is -2.28. The Morgan fingerprint density at radius 1 is 1.27 bits per heavy atom. The number of morpholine rings is 1. The minimum atomic E-state index is -0.552. The molecule has 0 saturated carbocycles. The molecule has 1 aliphatic heterocycles. The number of methoxy groups -OCH3 is 1. The van der Waals surface area contributed by atoms with Crippen molar-refractivity contribution in [2.45, 2.75) is 32.9 Å². The van der Waals surface area contributed by atoms with Crippen LogP contribution in [0.25, 0.3) is 0 Å². The molecule has 0 aliphatic carbocycles. The Hall–Kier alpha value is -2.13. The first-order valence-electron chi connectivity index (χ1n) is 10.6. The number of hydrogen-bond acceptors (Lipinski definition) is 7. The van der Waals surface area contributed by atoms with E-state index in [-0.39, 0.29) is 6.61 Å². The molecular weight excluding hydrogens is 384 g/mol. The van der Waals surface area contributed by atoms with Crippen LogP contribution >= 0.6 is 0 Å². The number of hydrogen-bond donors (Lipinski definition) is 3. The minimum absolute atomic E-state index is 0.231. The third-order valence-corrected chi connectivity index (χ3v) is 5.39. The first-order chi connectivity index (χ1) is 14.6. The Labute approximate surface area is 178 Å². The second kappa shape index (κ2) is 11.3. The Balaban J connectivity index is 1.44. The van der Waals surface area contributed by atoms with Crippen LogP contribution in [-0.4, -0.2) is 79.4 Å². The number of aromatic amines is 1. The van der Waals surface area contributed by atoms with Gasteiger partial charge in [0.05, 0.1) is 26.0 Å². The van der Waals surface area contributed by atoms with Crippen molar-refractivity contribution >= 4 is 0 Å². The quantitative estimate of drug-likeness (QED) is 0.476. The van der Waals surface area contributed by atoms with Gasteiger partial charge < -0.3 is 24.6 Å². The van der Waals surface area contributed by atoms with Crippen LogP contribution in [-0.2, 0) is 17.7 Å². The Morgan fingerprint density at radius 2 is 2.07 bits per heavy atom. The number of ether oxygens (including phenoxy) is 3. The van der Waals surface area contributed by atoms with Gasteiger partial charge in [-0.2, -0.15) is 5.10 Å². The molecule has 2 heterocycles. The smallest absolute Gasteiger partial charge is 0.161 e. The maximum atomic E-state index is 10.3. The van der Waals surface area contributed by atoms with E-state index >= 15 is 0 Å². The van der Waals surface area contributed by atoms with Gasteiger partial charge in [0.25, 0.3) is 0 Å². The molecule has 1 saturated heterocycles. The van der Waals surface area contributed by atoms with Crippen LogP contribution in [0, 0.1) is 13.8 Å². The maximum Gasteiger partial charge on any atom is 0.161 e. The second-order valence-corrected chi connectivity index (χ2v) is 7.70. The van der Waals surface area contributed by atoms with Crippen LogP contribution in [0.3, 0.4) is 0 Å². The third kappa shape index (κ3) is 6.43. The van der Waals surface area contributed by atoms with Crippen molar-refractivity contribution in [3.63, 3.8) is 0 Å². The van der Waals surface area contributed by atoms with Gasteiger partial charge in [-0.3, -0.25) is 10.00 Å². The molecule has 0 bridgehead atoms. The summed E-state index contributed by atoms with van der Waals surface area (Å²) in [6.07, 6.45) is 0.386. The largest absolute Gasteiger partial charge is 0.493 e. The van der Waals surface area contributed by atoms with Gasteiger partial charge in [0.1, 0.15) is 12.7 Å². The van der Waals surface area contributed by atoms with Gasteiger partial charge in [-0.15, -0.1) is 0 Å². The van der Waals surface area contributed by atoms with Gasteiger partial charge in [-0.05, 0) is 50.1 Å². The summed E-state index contributed by atoms with van der Waals surface area (Å²) in [5.41, 5.74) is 4.59. The molecule has 30 heavy (non-hydrogen) atoms. The van der Waals surface area contributed by atoms with E-state index in [1.165, 1.54) is 5.56 Å². The summed E-state index contributed by atoms with van der Waals surface area (Å²) in [7, 11) is 1.63. The number of aliphatic hydroxyl groups is 1. The molecule has 0 amide bonds. The number of β-amino-alcohol motifs (C(OH)–C–C–N with tert-alkyl or cyclic N) is 1. The van der Waals surface area contributed by atoms with E-state index in [4.69, 9.17) is 14.2 Å². The number of benzene rings is 1. The number of H-pyrrole nitrogens is 1. The van der Waals surface area contributed by atoms with Crippen molar-refractivity contribution in [3.05, 3.63) is 40.7 Å². The van der Waals surface area contributed by atoms with E-state index in [1.807, 2.05) is 25.1 Å². The van der Waals surface area contributed by atoms with Crippen LogP contribution in [0.15, 0.2) is 18.2 Å². The summed E-state index contributed by atoms with van der Waals surface area (Å²) in [5, 5.41) is 21.0. The van der Waals surface area contributed by atoms with E-state index in [2.05, 4.69) is 27.3 Å². The molecule has 0 radical (unpaired) electrons. The highest BCUT2D eigenvalue weighted by molar-refractivity contribution is 5.43. The molecular formula is C22H34N4O4. The lowest BCUT2D eigenvalue weighted by molar-refractivity contribution is 0.00445. The predicted octanol–water partition coefficient (Wildman–Crippen LogP) is 1.44. The lowest BCUT2D eigenvalue weighted by atomic mass is 10.1. The minimum Gasteiger partial charge on any atom is -0.493 e. The van der Waals surface area contributed by atoms with Crippen LogP contribution < -0.4 is 14.8 Å². The van der Waals surface area contributed by atoms with Crippen molar-refractivity contribution in [2.24, 2.45) is 0 Å². The highest BCUT2D eigenvalue weighted by Gasteiger charge is 2.16.